The van der Waals surface area contributed by atoms with E-state index >= 15 is 0 Å². The number of ketones is 1. The molecule has 0 aliphatic heterocycles. The predicted octanol–water partition coefficient (Wildman–Crippen LogP) is 3.32. The quantitative estimate of drug-likeness (QED) is 0.846. The standard InChI is InChI=1S/C17H20N2O3/c1-17(2,3)22-16(21)19-12-4-5-13-6-8-14(9-7-13)15(20)10-11-18/h4-9H,10,12H2,1-3H3,(H,19,21). The van der Waals surface area contributed by atoms with Gasteiger partial charge in [0, 0.05) is 12.1 Å². The normalized spacial score (nSPS) is 11.0. The molecule has 0 fully saturated rings. The average molecular weight is 300 g/mol. The summed E-state index contributed by atoms with van der Waals surface area (Å²) in [7, 11) is 0. The van der Waals surface area contributed by atoms with Crippen molar-refractivity contribution in [2.75, 3.05) is 6.54 Å². The first-order valence-electron chi connectivity index (χ1n) is 6.95. The maximum atomic E-state index is 11.5. The molecule has 0 unspecified atom stereocenters. The second-order valence-corrected chi connectivity index (χ2v) is 5.67. The van der Waals surface area contributed by atoms with Gasteiger partial charge in [-0.3, -0.25) is 4.79 Å². The lowest BCUT2D eigenvalue weighted by Gasteiger charge is -2.19. The van der Waals surface area contributed by atoms with Crippen LogP contribution in [0.4, 0.5) is 4.79 Å². The van der Waals surface area contributed by atoms with Gasteiger partial charge in [0.15, 0.2) is 5.78 Å². The molecule has 5 heteroatoms. The molecule has 0 aliphatic carbocycles. The number of carbonyl (C=O) groups excluding carboxylic acids is 2. The predicted molar refractivity (Wildman–Crippen MR) is 84.3 cm³/mol. The third kappa shape index (κ3) is 6.71. The number of amides is 1. The number of carbonyl (C=O) groups is 2. The van der Waals surface area contributed by atoms with Gasteiger partial charge in [-0.05, 0) is 26.3 Å². The third-order valence-electron chi connectivity index (χ3n) is 2.55. The summed E-state index contributed by atoms with van der Waals surface area (Å²) >= 11 is 0. The third-order valence-corrected chi connectivity index (χ3v) is 2.55. The van der Waals surface area contributed by atoms with Crippen molar-refractivity contribution in [3.63, 3.8) is 0 Å². The number of nitrogens with one attached hydrogen (secondary N) is 1. The van der Waals surface area contributed by atoms with Gasteiger partial charge >= 0.3 is 6.09 Å². The highest BCUT2D eigenvalue weighted by molar-refractivity contribution is 5.97. The Bertz CT molecular complexity index is 590. The van der Waals surface area contributed by atoms with Crippen LogP contribution >= 0.6 is 0 Å². The summed E-state index contributed by atoms with van der Waals surface area (Å²) in [6.07, 6.45) is 3.04. The minimum atomic E-state index is -0.514. The number of hydrogen-bond acceptors (Lipinski definition) is 4. The molecule has 0 heterocycles. The Morgan fingerprint density at radius 3 is 2.45 bits per heavy atom. The maximum absolute atomic E-state index is 11.5. The van der Waals surface area contributed by atoms with E-state index in [1.54, 1.807) is 51.1 Å². The smallest absolute Gasteiger partial charge is 0.407 e. The zero-order valence-electron chi connectivity index (χ0n) is 13.1. The lowest BCUT2D eigenvalue weighted by Crippen LogP contribution is -2.32. The fraction of sp³-hybridized carbons (Fsp3) is 0.353. The van der Waals surface area contributed by atoms with Gasteiger partial charge in [0.25, 0.3) is 0 Å². The molecule has 1 N–H and O–H groups in total. The van der Waals surface area contributed by atoms with E-state index in [0.717, 1.165) is 5.56 Å². The molecular weight excluding hydrogens is 280 g/mol. The fourth-order valence-corrected chi connectivity index (χ4v) is 1.61. The Balaban J connectivity index is 2.46. The van der Waals surface area contributed by atoms with Crippen molar-refractivity contribution in [1.82, 2.24) is 5.32 Å². The van der Waals surface area contributed by atoms with Crippen molar-refractivity contribution in [3.8, 4) is 6.07 Å². The number of alkyl carbamates (subject to hydrolysis) is 1. The summed E-state index contributed by atoms with van der Waals surface area (Å²) in [4.78, 5) is 22.9. The molecule has 1 aromatic rings. The van der Waals surface area contributed by atoms with Crippen LogP contribution in [0.1, 0.15) is 43.1 Å². The van der Waals surface area contributed by atoms with E-state index < -0.39 is 11.7 Å². The maximum Gasteiger partial charge on any atom is 0.407 e. The lowest BCUT2D eigenvalue weighted by molar-refractivity contribution is 0.0534. The highest BCUT2D eigenvalue weighted by Gasteiger charge is 2.14. The number of Topliss-reactive ketones (excluding diaryl/α,β-unsaturated/α-hetero) is 1. The van der Waals surface area contributed by atoms with Crippen LogP contribution in [0.25, 0.3) is 6.08 Å². The Hall–Kier alpha value is -2.61. The molecular formula is C17H20N2O3. The van der Waals surface area contributed by atoms with E-state index in [1.807, 2.05) is 12.1 Å². The van der Waals surface area contributed by atoms with Crippen LogP contribution in [-0.2, 0) is 4.74 Å². The molecule has 0 spiro atoms. The summed E-state index contributed by atoms with van der Waals surface area (Å²) in [6, 6.07) is 8.77. The molecule has 1 amide bonds. The van der Waals surface area contributed by atoms with Crippen molar-refractivity contribution in [1.29, 1.82) is 5.26 Å². The van der Waals surface area contributed by atoms with Gasteiger partial charge in [0.2, 0.25) is 0 Å². The van der Waals surface area contributed by atoms with Gasteiger partial charge in [-0.15, -0.1) is 0 Å². The number of nitriles is 1. The monoisotopic (exact) mass is 300 g/mol. The Morgan fingerprint density at radius 1 is 1.27 bits per heavy atom. The Morgan fingerprint density at radius 2 is 1.91 bits per heavy atom. The fourth-order valence-electron chi connectivity index (χ4n) is 1.61. The van der Waals surface area contributed by atoms with Gasteiger partial charge in [-0.1, -0.05) is 36.4 Å². The summed E-state index contributed by atoms with van der Waals surface area (Å²) < 4.78 is 5.11. The van der Waals surface area contributed by atoms with Crippen LogP contribution in [0.3, 0.4) is 0 Å². The first-order valence-corrected chi connectivity index (χ1v) is 6.95. The highest BCUT2D eigenvalue weighted by atomic mass is 16.6. The van der Waals surface area contributed by atoms with Gasteiger partial charge in [0.1, 0.15) is 5.60 Å². The molecule has 0 aromatic heterocycles. The van der Waals surface area contributed by atoms with Crippen LogP contribution < -0.4 is 5.32 Å². The Labute approximate surface area is 130 Å². The second-order valence-electron chi connectivity index (χ2n) is 5.67. The molecule has 0 radical (unpaired) electrons. The van der Waals surface area contributed by atoms with Crippen molar-refractivity contribution < 1.29 is 14.3 Å². The number of nitrogens with zero attached hydrogens (tertiary/aromatic N) is 1. The highest BCUT2D eigenvalue weighted by Crippen LogP contribution is 2.08. The van der Waals surface area contributed by atoms with Gasteiger partial charge in [-0.2, -0.15) is 5.26 Å². The van der Waals surface area contributed by atoms with Crippen LogP contribution in [0.2, 0.25) is 0 Å². The van der Waals surface area contributed by atoms with Crippen molar-refractivity contribution in [2.24, 2.45) is 0 Å². The van der Waals surface area contributed by atoms with Crippen molar-refractivity contribution >= 4 is 18.0 Å². The molecule has 0 saturated carbocycles. The molecule has 116 valence electrons. The van der Waals surface area contributed by atoms with E-state index in [1.165, 1.54) is 0 Å². The molecule has 1 rings (SSSR count). The summed E-state index contributed by atoms with van der Waals surface area (Å²) in [6.45, 7) is 5.76. The van der Waals surface area contributed by atoms with Crippen LogP contribution in [0.15, 0.2) is 30.3 Å². The van der Waals surface area contributed by atoms with Gasteiger partial charge < -0.3 is 10.1 Å². The van der Waals surface area contributed by atoms with E-state index in [2.05, 4.69) is 5.32 Å². The summed E-state index contributed by atoms with van der Waals surface area (Å²) in [5.41, 5.74) is 0.907. The molecule has 22 heavy (non-hydrogen) atoms. The van der Waals surface area contributed by atoms with Crippen LogP contribution in [0, 0.1) is 11.3 Å². The van der Waals surface area contributed by atoms with Crippen LogP contribution in [0.5, 0.6) is 0 Å². The lowest BCUT2D eigenvalue weighted by atomic mass is 10.1. The molecule has 0 aliphatic rings. The van der Waals surface area contributed by atoms with E-state index in [4.69, 9.17) is 10.00 Å². The summed E-state index contributed by atoms with van der Waals surface area (Å²) in [5.74, 6) is -0.190. The Kier molecular flexibility index (Phi) is 6.33. The van der Waals surface area contributed by atoms with E-state index in [-0.39, 0.29) is 12.2 Å². The second kappa shape index (κ2) is 7.99. The molecule has 0 bridgehead atoms. The molecule has 0 atom stereocenters. The van der Waals surface area contributed by atoms with Gasteiger partial charge in [0.05, 0.1) is 12.5 Å². The van der Waals surface area contributed by atoms with Gasteiger partial charge in [-0.25, -0.2) is 4.79 Å². The largest absolute Gasteiger partial charge is 0.444 e. The molecule has 5 nitrogen and oxygen atoms in total. The minimum Gasteiger partial charge on any atom is -0.444 e. The van der Waals surface area contributed by atoms with Crippen molar-refractivity contribution in [2.45, 2.75) is 32.8 Å². The molecule has 1 aromatic carbocycles. The minimum absolute atomic E-state index is 0.116. The number of ether oxygens (including phenoxy) is 1. The topological polar surface area (TPSA) is 79.2 Å². The SMILES string of the molecule is CC(C)(C)OC(=O)NCC=Cc1ccc(C(=O)CC#N)cc1. The van der Waals surface area contributed by atoms with E-state index in [0.29, 0.717) is 12.1 Å². The average Bonchev–Trinajstić information content (AvgIpc) is 2.42. The first-order chi connectivity index (χ1) is 10.3. The van der Waals surface area contributed by atoms with E-state index in [9.17, 15) is 9.59 Å². The zero-order chi connectivity index (χ0) is 16.6. The number of rotatable bonds is 5. The summed E-state index contributed by atoms with van der Waals surface area (Å²) in [5, 5.41) is 11.1. The number of benzene rings is 1. The van der Waals surface area contributed by atoms with Crippen molar-refractivity contribution in [3.05, 3.63) is 41.5 Å². The first kappa shape index (κ1) is 17.4. The zero-order valence-corrected chi connectivity index (χ0v) is 13.1. The number of hydrogen-bond donors (Lipinski definition) is 1. The van der Waals surface area contributed by atoms with Crippen LogP contribution in [-0.4, -0.2) is 24.0 Å². The molecule has 0 saturated heterocycles.